The van der Waals surface area contributed by atoms with Gasteiger partial charge in [-0.2, -0.15) is 0 Å². The molecule has 1 aliphatic carbocycles. The van der Waals surface area contributed by atoms with Gasteiger partial charge in [0.2, 0.25) is 0 Å². The molecule has 1 aliphatic rings. The summed E-state index contributed by atoms with van der Waals surface area (Å²) in [6.07, 6.45) is 2.62. The highest BCUT2D eigenvalue weighted by Crippen LogP contribution is 2.28. The number of benzene rings is 1. The van der Waals surface area contributed by atoms with E-state index in [2.05, 4.69) is 17.4 Å². The van der Waals surface area contributed by atoms with Crippen LogP contribution in [0.25, 0.3) is 0 Å². The van der Waals surface area contributed by atoms with Crippen molar-refractivity contribution in [2.24, 2.45) is 5.92 Å². The lowest BCUT2D eigenvalue weighted by Crippen LogP contribution is -2.19. The lowest BCUT2D eigenvalue weighted by molar-refractivity contribution is 0.0602. The third-order valence-electron chi connectivity index (χ3n) is 4.08. The summed E-state index contributed by atoms with van der Waals surface area (Å²) in [6, 6.07) is 6.70. The maximum atomic E-state index is 12.5. The van der Waals surface area contributed by atoms with Gasteiger partial charge >= 0.3 is 5.97 Å². The number of nitrogens with one attached hydrogen (secondary N) is 1. The highest BCUT2D eigenvalue weighted by molar-refractivity contribution is 6.07. The standard InChI is InChI=1S/C17H18N2O4/c1-10-7-8-14-12(9-10)15(19-23-14)16(20)18-13-6-4-3-5-11(13)17(21)22-2/h3-6,10H,7-9H2,1-2H3,(H,18,20)/t10-/m0/s1. The van der Waals surface area contributed by atoms with Crippen LogP contribution < -0.4 is 5.32 Å². The fourth-order valence-corrected chi connectivity index (χ4v) is 2.82. The van der Waals surface area contributed by atoms with Gasteiger partial charge in [-0.05, 0) is 30.9 Å². The number of fused-ring (bicyclic) bond motifs is 1. The zero-order valence-electron chi connectivity index (χ0n) is 13.1. The van der Waals surface area contributed by atoms with Gasteiger partial charge in [0, 0.05) is 12.0 Å². The SMILES string of the molecule is COC(=O)c1ccccc1NC(=O)c1noc2c1C[C@@H](C)CC2. The molecule has 0 aliphatic heterocycles. The second kappa shape index (κ2) is 6.24. The van der Waals surface area contributed by atoms with Crippen molar-refractivity contribution in [3.8, 4) is 0 Å². The van der Waals surface area contributed by atoms with E-state index in [1.165, 1.54) is 7.11 Å². The topological polar surface area (TPSA) is 81.4 Å². The Hall–Kier alpha value is -2.63. The number of nitrogens with zero attached hydrogens (tertiary/aromatic N) is 1. The first kappa shape index (κ1) is 15.3. The number of rotatable bonds is 3. The van der Waals surface area contributed by atoms with Crippen molar-refractivity contribution in [3.05, 3.63) is 46.8 Å². The van der Waals surface area contributed by atoms with Crippen LogP contribution in [0, 0.1) is 5.92 Å². The predicted octanol–water partition coefficient (Wildman–Crippen LogP) is 2.84. The van der Waals surface area contributed by atoms with Crippen LogP contribution in [0.15, 0.2) is 28.8 Å². The van der Waals surface area contributed by atoms with Gasteiger partial charge in [0.15, 0.2) is 5.69 Å². The van der Waals surface area contributed by atoms with Crippen LogP contribution in [0.4, 0.5) is 5.69 Å². The fourth-order valence-electron chi connectivity index (χ4n) is 2.82. The van der Waals surface area contributed by atoms with E-state index >= 15 is 0 Å². The highest BCUT2D eigenvalue weighted by Gasteiger charge is 2.27. The molecule has 3 rings (SSSR count). The Morgan fingerprint density at radius 2 is 2.13 bits per heavy atom. The molecule has 0 radical (unpaired) electrons. The molecule has 0 saturated heterocycles. The van der Waals surface area contributed by atoms with Crippen LogP contribution in [0.2, 0.25) is 0 Å². The van der Waals surface area contributed by atoms with Gasteiger partial charge in [-0.1, -0.05) is 24.2 Å². The predicted molar refractivity (Wildman–Crippen MR) is 83.4 cm³/mol. The average molecular weight is 314 g/mol. The van der Waals surface area contributed by atoms with E-state index in [9.17, 15) is 9.59 Å². The minimum Gasteiger partial charge on any atom is -0.465 e. The molecule has 23 heavy (non-hydrogen) atoms. The molecular weight excluding hydrogens is 296 g/mol. The van der Waals surface area contributed by atoms with Crippen LogP contribution in [0.3, 0.4) is 0 Å². The third-order valence-corrected chi connectivity index (χ3v) is 4.08. The Kier molecular flexibility index (Phi) is 4.14. The Labute approximate surface area is 133 Å². The first-order valence-corrected chi connectivity index (χ1v) is 7.56. The zero-order valence-corrected chi connectivity index (χ0v) is 13.1. The third kappa shape index (κ3) is 2.97. The summed E-state index contributed by atoms with van der Waals surface area (Å²) in [6.45, 7) is 2.14. The molecule has 1 atom stereocenters. The summed E-state index contributed by atoms with van der Waals surface area (Å²) in [5.74, 6) is 0.405. The van der Waals surface area contributed by atoms with E-state index in [1.807, 2.05) is 0 Å². The molecule has 0 fully saturated rings. The molecule has 1 aromatic carbocycles. The fraction of sp³-hybridized carbons (Fsp3) is 0.353. The molecule has 0 bridgehead atoms. The van der Waals surface area contributed by atoms with Crippen molar-refractivity contribution in [1.29, 1.82) is 0 Å². The van der Waals surface area contributed by atoms with E-state index < -0.39 is 5.97 Å². The molecular formula is C17H18N2O4. The molecule has 1 N–H and O–H groups in total. The maximum absolute atomic E-state index is 12.5. The molecule has 6 heteroatoms. The second-order valence-corrected chi connectivity index (χ2v) is 5.77. The zero-order chi connectivity index (χ0) is 16.4. The summed E-state index contributed by atoms with van der Waals surface area (Å²) in [5, 5.41) is 6.65. The van der Waals surface area contributed by atoms with Crippen molar-refractivity contribution in [3.63, 3.8) is 0 Å². The average Bonchev–Trinajstić information content (AvgIpc) is 2.97. The summed E-state index contributed by atoms with van der Waals surface area (Å²) in [5.41, 5.74) is 1.86. The van der Waals surface area contributed by atoms with Gasteiger partial charge < -0.3 is 14.6 Å². The molecule has 1 amide bonds. The van der Waals surface area contributed by atoms with Crippen molar-refractivity contribution in [2.45, 2.75) is 26.2 Å². The number of para-hydroxylation sites is 1. The highest BCUT2D eigenvalue weighted by atomic mass is 16.5. The van der Waals surface area contributed by atoms with Crippen molar-refractivity contribution in [1.82, 2.24) is 5.16 Å². The monoisotopic (exact) mass is 314 g/mol. The Balaban J connectivity index is 1.86. The molecule has 0 unspecified atom stereocenters. The number of esters is 1. The van der Waals surface area contributed by atoms with Gasteiger partial charge in [0.25, 0.3) is 5.91 Å². The smallest absolute Gasteiger partial charge is 0.339 e. The van der Waals surface area contributed by atoms with E-state index in [0.717, 1.165) is 30.6 Å². The molecule has 0 saturated carbocycles. The van der Waals surface area contributed by atoms with Gasteiger partial charge in [-0.25, -0.2) is 4.79 Å². The molecule has 6 nitrogen and oxygen atoms in total. The van der Waals surface area contributed by atoms with E-state index in [1.54, 1.807) is 24.3 Å². The number of carbonyl (C=O) groups is 2. The van der Waals surface area contributed by atoms with Crippen LogP contribution in [-0.4, -0.2) is 24.1 Å². The number of carbonyl (C=O) groups excluding carboxylic acids is 2. The van der Waals surface area contributed by atoms with Crippen molar-refractivity contribution in [2.75, 3.05) is 12.4 Å². The lowest BCUT2D eigenvalue weighted by Gasteiger charge is -2.16. The van der Waals surface area contributed by atoms with E-state index in [0.29, 0.717) is 22.9 Å². The van der Waals surface area contributed by atoms with Gasteiger partial charge in [0.1, 0.15) is 5.76 Å². The Bertz CT molecular complexity index is 751. The van der Waals surface area contributed by atoms with Crippen molar-refractivity contribution >= 4 is 17.6 Å². The number of methoxy groups -OCH3 is 1. The summed E-state index contributed by atoms with van der Waals surface area (Å²) in [7, 11) is 1.30. The van der Waals surface area contributed by atoms with Crippen molar-refractivity contribution < 1.29 is 18.8 Å². The summed E-state index contributed by atoms with van der Waals surface area (Å²) < 4.78 is 10.0. The summed E-state index contributed by atoms with van der Waals surface area (Å²) >= 11 is 0. The number of amides is 1. The normalized spacial score (nSPS) is 16.5. The molecule has 1 heterocycles. The quantitative estimate of drug-likeness (QED) is 0.881. The molecule has 2 aromatic rings. The first-order valence-electron chi connectivity index (χ1n) is 7.56. The number of hydrogen-bond acceptors (Lipinski definition) is 5. The van der Waals surface area contributed by atoms with Crippen LogP contribution >= 0.6 is 0 Å². The van der Waals surface area contributed by atoms with E-state index in [-0.39, 0.29) is 5.91 Å². The number of ether oxygens (including phenoxy) is 1. The number of aryl methyl sites for hydroxylation is 1. The molecule has 0 spiro atoms. The minimum atomic E-state index is -0.503. The van der Waals surface area contributed by atoms with Crippen LogP contribution in [-0.2, 0) is 17.6 Å². The Morgan fingerprint density at radius 3 is 2.91 bits per heavy atom. The summed E-state index contributed by atoms with van der Waals surface area (Å²) in [4.78, 5) is 24.3. The molecule has 1 aromatic heterocycles. The number of anilines is 1. The lowest BCUT2D eigenvalue weighted by atomic mass is 9.88. The van der Waals surface area contributed by atoms with Gasteiger partial charge in [-0.15, -0.1) is 0 Å². The van der Waals surface area contributed by atoms with Gasteiger partial charge in [-0.3, -0.25) is 4.79 Å². The Morgan fingerprint density at radius 1 is 1.35 bits per heavy atom. The van der Waals surface area contributed by atoms with Crippen LogP contribution in [0.1, 0.15) is 45.5 Å². The first-order chi connectivity index (χ1) is 11.1. The second-order valence-electron chi connectivity index (χ2n) is 5.77. The number of aromatic nitrogens is 1. The maximum Gasteiger partial charge on any atom is 0.339 e. The van der Waals surface area contributed by atoms with Gasteiger partial charge in [0.05, 0.1) is 18.4 Å². The van der Waals surface area contributed by atoms with E-state index in [4.69, 9.17) is 9.26 Å². The number of hydrogen-bond donors (Lipinski definition) is 1. The largest absolute Gasteiger partial charge is 0.465 e. The molecule has 120 valence electrons. The van der Waals surface area contributed by atoms with Crippen LogP contribution in [0.5, 0.6) is 0 Å². The minimum absolute atomic E-state index is 0.297.